The second-order valence-electron chi connectivity index (χ2n) is 7.80. The first-order valence-electron chi connectivity index (χ1n) is 10.1. The zero-order chi connectivity index (χ0) is 27.4. The molecule has 2 amide bonds. The lowest BCUT2D eigenvalue weighted by molar-refractivity contribution is -0.138. The second kappa shape index (κ2) is 10.5. The molecule has 1 atom stereocenters. The van der Waals surface area contributed by atoms with Crippen LogP contribution in [0, 0.1) is 28.6 Å². The summed E-state index contributed by atoms with van der Waals surface area (Å²) in [7, 11) is 0. The molecule has 0 radical (unpaired) electrons. The summed E-state index contributed by atoms with van der Waals surface area (Å²) in [5.41, 5.74) is -4.43. The van der Waals surface area contributed by atoms with Gasteiger partial charge in [-0.05, 0) is 43.3 Å². The van der Waals surface area contributed by atoms with E-state index in [9.17, 15) is 35.9 Å². The van der Waals surface area contributed by atoms with Crippen molar-refractivity contribution in [2.24, 2.45) is 5.92 Å². The summed E-state index contributed by atoms with van der Waals surface area (Å²) in [5.74, 6) is -2.74. The maximum Gasteiger partial charge on any atom is 0.417 e. The van der Waals surface area contributed by atoms with Gasteiger partial charge in [0.05, 0.1) is 40.3 Å². The Morgan fingerprint density at radius 3 is 1.94 bits per heavy atom. The van der Waals surface area contributed by atoms with Gasteiger partial charge in [0, 0.05) is 23.5 Å². The van der Waals surface area contributed by atoms with E-state index < -0.39 is 58.9 Å². The number of alkyl halides is 6. The standard InChI is InChI=1S/C24H18F6N4O2/c1-13(2)22(36)34(18-7-5-16(11-32)20(9-18)24(28,29)30)12-14(3)21(35)33-17-6-4-15(10-31)19(8-17)23(25,26)27/h4-9,14H,1,12H2,2-3H3,(H,33,35). The molecular formula is C24H18F6N4O2. The van der Waals surface area contributed by atoms with E-state index in [0.717, 1.165) is 29.2 Å². The number of nitrogens with zero attached hydrogens (tertiary/aromatic N) is 3. The van der Waals surface area contributed by atoms with Gasteiger partial charge in [-0.3, -0.25) is 9.59 Å². The molecule has 0 spiro atoms. The van der Waals surface area contributed by atoms with Gasteiger partial charge in [-0.1, -0.05) is 13.5 Å². The van der Waals surface area contributed by atoms with E-state index in [0.29, 0.717) is 12.1 Å². The fraction of sp³-hybridized carbons (Fsp3) is 0.250. The molecule has 0 aliphatic rings. The number of carbonyl (C=O) groups excluding carboxylic acids is 2. The van der Waals surface area contributed by atoms with E-state index >= 15 is 0 Å². The Kier molecular flexibility index (Phi) is 8.16. The van der Waals surface area contributed by atoms with Crippen LogP contribution in [0.25, 0.3) is 0 Å². The average molecular weight is 508 g/mol. The number of hydrogen-bond acceptors (Lipinski definition) is 4. The van der Waals surface area contributed by atoms with Crippen LogP contribution in [-0.4, -0.2) is 18.4 Å². The Bertz CT molecular complexity index is 1290. The van der Waals surface area contributed by atoms with Crippen molar-refractivity contribution < 1.29 is 35.9 Å². The lowest BCUT2D eigenvalue weighted by Gasteiger charge is -2.27. The molecule has 0 aliphatic heterocycles. The van der Waals surface area contributed by atoms with Crippen LogP contribution in [0.1, 0.15) is 36.1 Å². The van der Waals surface area contributed by atoms with Gasteiger partial charge in [-0.15, -0.1) is 0 Å². The Morgan fingerprint density at radius 2 is 1.47 bits per heavy atom. The number of nitriles is 2. The first kappa shape index (κ1) is 27.9. The summed E-state index contributed by atoms with van der Waals surface area (Å²) in [5, 5.41) is 20.1. The highest BCUT2D eigenvalue weighted by atomic mass is 19.4. The molecule has 0 fully saturated rings. The Labute approximate surface area is 202 Å². The van der Waals surface area contributed by atoms with E-state index in [1.54, 1.807) is 0 Å². The van der Waals surface area contributed by atoms with Crippen molar-refractivity contribution >= 4 is 23.2 Å². The van der Waals surface area contributed by atoms with E-state index in [-0.39, 0.29) is 16.9 Å². The lowest BCUT2D eigenvalue weighted by Crippen LogP contribution is -2.39. The van der Waals surface area contributed by atoms with E-state index in [1.165, 1.54) is 26.0 Å². The quantitative estimate of drug-likeness (QED) is 0.403. The molecular weight excluding hydrogens is 490 g/mol. The Hall–Kier alpha value is -4.32. The SMILES string of the molecule is C=C(C)C(=O)N(CC(C)C(=O)Nc1ccc(C#N)c(C(F)(F)F)c1)c1ccc(C#N)c(C(F)(F)F)c1. The number of carbonyl (C=O) groups is 2. The molecule has 6 nitrogen and oxygen atoms in total. The van der Waals surface area contributed by atoms with Gasteiger partial charge in [0.15, 0.2) is 0 Å². The Balaban J connectivity index is 2.38. The number of amides is 2. The molecule has 0 saturated heterocycles. The number of nitrogens with one attached hydrogen (secondary N) is 1. The van der Waals surface area contributed by atoms with Crippen LogP contribution >= 0.6 is 0 Å². The molecule has 2 aromatic rings. The minimum Gasteiger partial charge on any atom is -0.326 e. The molecule has 36 heavy (non-hydrogen) atoms. The highest BCUT2D eigenvalue weighted by Crippen LogP contribution is 2.35. The largest absolute Gasteiger partial charge is 0.417 e. The van der Waals surface area contributed by atoms with Crippen molar-refractivity contribution in [3.8, 4) is 12.1 Å². The fourth-order valence-electron chi connectivity index (χ4n) is 3.14. The first-order chi connectivity index (χ1) is 16.6. The van der Waals surface area contributed by atoms with E-state index in [2.05, 4.69) is 11.9 Å². The molecule has 0 aromatic heterocycles. The highest BCUT2D eigenvalue weighted by molar-refractivity contribution is 6.05. The number of rotatable bonds is 6. The van der Waals surface area contributed by atoms with Crippen LogP contribution in [0.3, 0.4) is 0 Å². The van der Waals surface area contributed by atoms with Crippen molar-refractivity contribution in [3.05, 3.63) is 70.8 Å². The summed E-state index contributed by atoms with van der Waals surface area (Å²) in [6.07, 6.45) is -9.75. The van der Waals surface area contributed by atoms with Crippen LogP contribution < -0.4 is 10.2 Å². The number of hydrogen-bond donors (Lipinski definition) is 1. The summed E-state index contributed by atoms with van der Waals surface area (Å²) in [6.45, 7) is 5.65. The van der Waals surface area contributed by atoms with Crippen molar-refractivity contribution in [3.63, 3.8) is 0 Å². The third-order valence-corrected chi connectivity index (χ3v) is 4.97. The van der Waals surface area contributed by atoms with Crippen LogP contribution in [0.5, 0.6) is 0 Å². The molecule has 0 aliphatic carbocycles. The van der Waals surface area contributed by atoms with Crippen molar-refractivity contribution in [2.45, 2.75) is 26.2 Å². The monoisotopic (exact) mass is 508 g/mol. The third kappa shape index (κ3) is 6.42. The molecule has 188 valence electrons. The van der Waals surface area contributed by atoms with Gasteiger partial charge in [-0.25, -0.2) is 0 Å². The smallest absolute Gasteiger partial charge is 0.326 e. The van der Waals surface area contributed by atoms with Gasteiger partial charge in [-0.2, -0.15) is 36.9 Å². The van der Waals surface area contributed by atoms with Gasteiger partial charge >= 0.3 is 12.4 Å². The molecule has 12 heteroatoms. The zero-order valence-electron chi connectivity index (χ0n) is 18.9. The van der Waals surface area contributed by atoms with Crippen molar-refractivity contribution in [1.82, 2.24) is 0 Å². The van der Waals surface area contributed by atoms with Crippen LogP contribution in [0.15, 0.2) is 48.6 Å². The van der Waals surface area contributed by atoms with E-state index in [4.69, 9.17) is 10.5 Å². The zero-order valence-corrected chi connectivity index (χ0v) is 18.9. The molecule has 1 N–H and O–H groups in total. The topological polar surface area (TPSA) is 97.0 Å². The van der Waals surface area contributed by atoms with Gasteiger partial charge in [0.1, 0.15) is 0 Å². The molecule has 0 heterocycles. The maximum atomic E-state index is 13.4. The summed E-state index contributed by atoms with van der Waals surface area (Å²) < 4.78 is 79.8. The predicted molar refractivity (Wildman–Crippen MR) is 117 cm³/mol. The van der Waals surface area contributed by atoms with Crippen molar-refractivity contribution in [2.75, 3.05) is 16.8 Å². The van der Waals surface area contributed by atoms with Crippen LogP contribution in [0.4, 0.5) is 37.7 Å². The minimum absolute atomic E-state index is 0.0533. The van der Waals surface area contributed by atoms with E-state index in [1.807, 2.05) is 0 Å². The number of anilines is 2. The highest BCUT2D eigenvalue weighted by Gasteiger charge is 2.36. The maximum absolute atomic E-state index is 13.4. The molecule has 2 aromatic carbocycles. The lowest BCUT2D eigenvalue weighted by atomic mass is 10.0. The van der Waals surface area contributed by atoms with Gasteiger partial charge in [0.25, 0.3) is 5.91 Å². The third-order valence-electron chi connectivity index (χ3n) is 4.97. The molecule has 2 rings (SSSR count). The summed E-state index contributed by atoms with van der Waals surface area (Å²) >= 11 is 0. The number of halogens is 6. The predicted octanol–water partition coefficient (Wildman–Crippen LogP) is 5.65. The van der Waals surface area contributed by atoms with Crippen LogP contribution in [0.2, 0.25) is 0 Å². The van der Waals surface area contributed by atoms with Gasteiger partial charge in [0.2, 0.25) is 5.91 Å². The normalized spacial score (nSPS) is 12.2. The molecule has 0 saturated carbocycles. The average Bonchev–Trinajstić information content (AvgIpc) is 2.80. The fourth-order valence-corrected chi connectivity index (χ4v) is 3.14. The molecule has 0 bridgehead atoms. The van der Waals surface area contributed by atoms with Gasteiger partial charge < -0.3 is 10.2 Å². The summed E-state index contributed by atoms with van der Waals surface area (Å²) in [4.78, 5) is 26.2. The molecule has 1 unspecified atom stereocenters. The van der Waals surface area contributed by atoms with Crippen molar-refractivity contribution in [1.29, 1.82) is 10.5 Å². The Morgan fingerprint density at radius 1 is 0.972 bits per heavy atom. The first-order valence-corrected chi connectivity index (χ1v) is 10.1. The second-order valence-corrected chi connectivity index (χ2v) is 7.80. The summed E-state index contributed by atoms with van der Waals surface area (Å²) in [6, 6.07) is 7.98. The number of benzene rings is 2. The van der Waals surface area contributed by atoms with Crippen LogP contribution in [-0.2, 0) is 21.9 Å². The minimum atomic E-state index is -4.90.